The Balaban J connectivity index is 2.41. The molecule has 0 saturated heterocycles. The number of hydrogen-bond acceptors (Lipinski definition) is 3. The minimum Gasteiger partial charge on any atom is -0.492 e. The van der Waals surface area contributed by atoms with Gasteiger partial charge in [-0.25, -0.2) is 0 Å². The van der Waals surface area contributed by atoms with Crippen LogP contribution in [0.1, 0.15) is 24.1 Å². The standard InChI is InChI=1S/C15H16Cl2N2O/c1-3-20-12-6-10(8-19-9-12)15(18-2)13-7-11(16)4-5-14(13)17/h4-9,15,18H,3H2,1-2H3. The van der Waals surface area contributed by atoms with E-state index in [0.717, 1.165) is 16.9 Å². The predicted molar refractivity (Wildman–Crippen MR) is 82.8 cm³/mol. The van der Waals surface area contributed by atoms with Crippen LogP contribution < -0.4 is 10.1 Å². The molecule has 0 fully saturated rings. The molecule has 2 aromatic rings. The van der Waals surface area contributed by atoms with E-state index in [1.54, 1.807) is 24.5 Å². The van der Waals surface area contributed by atoms with Gasteiger partial charge in [-0.15, -0.1) is 0 Å². The van der Waals surface area contributed by atoms with E-state index in [1.807, 2.05) is 26.1 Å². The second-order valence-electron chi connectivity index (χ2n) is 4.27. The van der Waals surface area contributed by atoms with E-state index < -0.39 is 0 Å². The number of rotatable bonds is 5. The maximum Gasteiger partial charge on any atom is 0.137 e. The van der Waals surface area contributed by atoms with Gasteiger partial charge in [0.05, 0.1) is 18.8 Å². The Bertz CT molecular complexity index is 590. The lowest BCUT2D eigenvalue weighted by Gasteiger charge is -2.19. The predicted octanol–water partition coefficient (Wildman–Crippen LogP) is 4.10. The molecule has 1 heterocycles. The molecule has 5 heteroatoms. The fraction of sp³-hybridized carbons (Fsp3) is 0.267. The summed E-state index contributed by atoms with van der Waals surface area (Å²) < 4.78 is 5.48. The molecule has 2 rings (SSSR count). The van der Waals surface area contributed by atoms with Crippen molar-refractivity contribution in [1.29, 1.82) is 0 Å². The van der Waals surface area contributed by atoms with Gasteiger partial charge in [0.2, 0.25) is 0 Å². The average Bonchev–Trinajstić information content (AvgIpc) is 2.44. The Morgan fingerprint density at radius 2 is 2.05 bits per heavy atom. The minimum atomic E-state index is -0.0888. The number of hydrogen-bond donors (Lipinski definition) is 1. The summed E-state index contributed by atoms with van der Waals surface area (Å²) in [5.41, 5.74) is 1.89. The van der Waals surface area contributed by atoms with Crippen molar-refractivity contribution in [1.82, 2.24) is 10.3 Å². The fourth-order valence-corrected chi connectivity index (χ4v) is 2.48. The van der Waals surface area contributed by atoms with Gasteiger partial charge in [-0.3, -0.25) is 4.98 Å². The first kappa shape index (κ1) is 15.1. The number of ether oxygens (including phenoxy) is 1. The van der Waals surface area contributed by atoms with Gasteiger partial charge in [0.15, 0.2) is 0 Å². The highest BCUT2D eigenvalue weighted by atomic mass is 35.5. The number of pyridine rings is 1. The van der Waals surface area contributed by atoms with Gasteiger partial charge in [0.1, 0.15) is 5.75 Å². The van der Waals surface area contributed by atoms with Gasteiger partial charge in [-0.1, -0.05) is 23.2 Å². The number of nitrogens with zero attached hydrogens (tertiary/aromatic N) is 1. The van der Waals surface area contributed by atoms with Crippen molar-refractivity contribution in [2.24, 2.45) is 0 Å². The normalized spacial score (nSPS) is 12.2. The lowest BCUT2D eigenvalue weighted by molar-refractivity contribution is 0.338. The largest absolute Gasteiger partial charge is 0.492 e. The van der Waals surface area contributed by atoms with Crippen molar-refractivity contribution in [3.63, 3.8) is 0 Å². The molecule has 106 valence electrons. The van der Waals surface area contributed by atoms with Gasteiger partial charge < -0.3 is 10.1 Å². The van der Waals surface area contributed by atoms with Gasteiger partial charge in [0.25, 0.3) is 0 Å². The molecule has 1 N–H and O–H groups in total. The van der Waals surface area contributed by atoms with Crippen LogP contribution in [0.25, 0.3) is 0 Å². The molecule has 1 aromatic heterocycles. The van der Waals surface area contributed by atoms with Crippen LogP contribution in [0, 0.1) is 0 Å². The van der Waals surface area contributed by atoms with Crippen LogP contribution in [0.5, 0.6) is 5.75 Å². The van der Waals surface area contributed by atoms with Crippen molar-refractivity contribution < 1.29 is 4.74 Å². The van der Waals surface area contributed by atoms with Crippen LogP contribution in [0.15, 0.2) is 36.7 Å². The number of halogens is 2. The third kappa shape index (κ3) is 3.42. The van der Waals surface area contributed by atoms with E-state index in [4.69, 9.17) is 27.9 Å². The van der Waals surface area contributed by atoms with Gasteiger partial charge in [-0.2, -0.15) is 0 Å². The summed E-state index contributed by atoms with van der Waals surface area (Å²) >= 11 is 12.3. The first-order chi connectivity index (χ1) is 9.65. The Morgan fingerprint density at radius 1 is 1.25 bits per heavy atom. The van der Waals surface area contributed by atoms with E-state index in [9.17, 15) is 0 Å². The quantitative estimate of drug-likeness (QED) is 0.903. The lowest BCUT2D eigenvalue weighted by atomic mass is 10.00. The molecule has 0 radical (unpaired) electrons. The highest BCUT2D eigenvalue weighted by Gasteiger charge is 2.16. The Labute approximate surface area is 128 Å². The minimum absolute atomic E-state index is 0.0888. The first-order valence-electron chi connectivity index (χ1n) is 6.35. The average molecular weight is 311 g/mol. The van der Waals surface area contributed by atoms with Crippen molar-refractivity contribution in [3.05, 3.63) is 57.8 Å². The Morgan fingerprint density at radius 3 is 2.75 bits per heavy atom. The first-order valence-corrected chi connectivity index (χ1v) is 7.11. The molecule has 20 heavy (non-hydrogen) atoms. The second-order valence-corrected chi connectivity index (χ2v) is 5.12. The summed E-state index contributed by atoms with van der Waals surface area (Å²) in [5, 5.41) is 4.55. The summed E-state index contributed by atoms with van der Waals surface area (Å²) in [6, 6.07) is 7.29. The van der Waals surface area contributed by atoms with Crippen LogP contribution in [0.3, 0.4) is 0 Å². The smallest absolute Gasteiger partial charge is 0.137 e. The van der Waals surface area contributed by atoms with E-state index in [0.29, 0.717) is 16.7 Å². The molecule has 3 nitrogen and oxygen atoms in total. The summed E-state index contributed by atoms with van der Waals surface area (Å²) in [7, 11) is 1.87. The van der Waals surface area contributed by atoms with Gasteiger partial charge in [-0.05, 0) is 49.4 Å². The monoisotopic (exact) mass is 310 g/mol. The highest BCUT2D eigenvalue weighted by molar-refractivity contribution is 6.33. The molecule has 1 unspecified atom stereocenters. The molecule has 0 bridgehead atoms. The Kier molecular flexibility index (Phi) is 5.24. The molecular weight excluding hydrogens is 295 g/mol. The van der Waals surface area contributed by atoms with Crippen molar-refractivity contribution >= 4 is 23.2 Å². The lowest BCUT2D eigenvalue weighted by Crippen LogP contribution is -2.18. The third-order valence-corrected chi connectivity index (χ3v) is 3.52. The van der Waals surface area contributed by atoms with Gasteiger partial charge >= 0.3 is 0 Å². The summed E-state index contributed by atoms with van der Waals surface area (Å²) in [6.07, 6.45) is 3.49. The third-order valence-electron chi connectivity index (χ3n) is 2.94. The van der Waals surface area contributed by atoms with Crippen LogP contribution >= 0.6 is 23.2 Å². The molecule has 1 atom stereocenters. The maximum absolute atomic E-state index is 6.27. The molecule has 0 saturated carbocycles. The number of benzene rings is 1. The second kappa shape index (κ2) is 6.93. The highest BCUT2D eigenvalue weighted by Crippen LogP contribution is 2.31. The van der Waals surface area contributed by atoms with Crippen LogP contribution in [-0.2, 0) is 0 Å². The molecule has 1 aromatic carbocycles. The van der Waals surface area contributed by atoms with Gasteiger partial charge in [0, 0.05) is 16.2 Å². The molecule has 0 aliphatic rings. The van der Waals surface area contributed by atoms with Crippen LogP contribution in [0.2, 0.25) is 10.0 Å². The molecule has 0 aliphatic carbocycles. The van der Waals surface area contributed by atoms with Crippen LogP contribution in [-0.4, -0.2) is 18.6 Å². The van der Waals surface area contributed by atoms with Crippen molar-refractivity contribution in [3.8, 4) is 5.75 Å². The topological polar surface area (TPSA) is 34.1 Å². The fourth-order valence-electron chi connectivity index (χ4n) is 2.08. The molecule has 0 aliphatic heterocycles. The zero-order valence-electron chi connectivity index (χ0n) is 11.4. The molecule has 0 amide bonds. The zero-order valence-corrected chi connectivity index (χ0v) is 12.9. The van der Waals surface area contributed by atoms with E-state index in [-0.39, 0.29) is 6.04 Å². The van der Waals surface area contributed by atoms with E-state index >= 15 is 0 Å². The van der Waals surface area contributed by atoms with E-state index in [1.165, 1.54) is 0 Å². The summed E-state index contributed by atoms with van der Waals surface area (Å²) in [6.45, 7) is 2.54. The zero-order chi connectivity index (χ0) is 14.5. The van der Waals surface area contributed by atoms with Crippen LogP contribution in [0.4, 0.5) is 0 Å². The van der Waals surface area contributed by atoms with E-state index in [2.05, 4.69) is 10.3 Å². The molecular formula is C15H16Cl2N2O. The summed E-state index contributed by atoms with van der Waals surface area (Å²) in [4.78, 5) is 4.21. The Hall–Kier alpha value is -1.29. The number of aromatic nitrogens is 1. The SMILES string of the molecule is CCOc1cncc(C(NC)c2cc(Cl)ccc2Cl)c1. The van der Waals surface area contributed by atoms with Crippen molar-refractivity contribution in [2.45, 2.75) is 13.0 Å². The summed E-state index contributed by atoms with van der Waals surface area (Å²) in [5.74, 6) is 0.739. The molecule has 0 spiro atoms. The maximum atomic E-state index is 6.27. The number of nitrogens with one attached hydrogen (secondary N) is 1. The van der Waals surface area contributed by atoms with Crippen molar-refractivity contribution in [2.75, 3.05) is 13.7 Å².